The molecule has 7 heteroatoms. The molecule has 0 unspecified atom stereocenters. The first-order valence-corrected chi connectivity index (χ1v) is 8.47. The van der Waals surface area contributed by atoms with Gasteiger partial charge in [-0.05, 0) is 42.5 Å². The van der Waals surface area contributed by atoms with Crippen LogP contribution in [0.2, 0.25) is 5.02 Å². The smallest absolute Gasteiger partial charge is 0.255 e. The minimum Gasteiger partial charge on any atom is -0.496 e. The van der Waals surface area contributed by atoms with Crippen LogP contribution in [0.1, 0.15) is 20.7 Å². The first-order valence-electron chi connectivity index (χ1n) is 8.09. The highest BCUT2D eigenvalue weighted by atomic mass is 35.5. The summed E-state index contributed by atoms with van der Waals surface area (Å²) in [7, 11) is 5.36. The number of hydrogen-bond donors (Lipinski definition) is 2. The van der Waals surface area contributed by atoms with Gasteiger partial charge in [-0.25, -0.2) is 0 Å². The van der Waals surface area contributed by atoms with Crippen molar-refractivity contribution in [3.63, 3.8) is 0 Å². The van der Waals surface area contributed by atoms with E-state index in [-0.39, 0.29) is 18.4 Å². The summed E-state index contributed by atoms with van der Waals surface area (Å²) in [5, 5.41) is 5.95. The van der Waals surface area contributed by atoms with Crippen molar-refractivity contribution in [3.05, 3.63) is 58.6 Å². The zero-order chi connectivity index (χ0) is 19.1. The number of nitrogens with one attached hydrogen (secondary N) is 2. The van der Waals surface area contributed by atoms with E-state index in [0.29, 0.717) is 28.4 Å². The van der Waals surface area contributed by atoms with E-state index in [1.165, 1.54) is 7.11 Å². The van der Waals surface area contributed by atoms with Gasteiger partial charge in [0.1, 0.15) is 5.75 Å². The van der Waals surface area contributed by atoms with E-state index in [9.17, 15) is 9.59 Å². The summed E-state index contributed by atoms with van der Waals surface area (Å²) in [6, 6.07) is 12.1. The lowest BCUT2D eigenvalue weighted by atomic mass is 10.2. The molecule has 0 atom stereocenters. The second-order valence-corrected chi connectivity index (χ2v) is 6.23. The number of halogens is 1. The maximum Gasteiger partial charge on any atom is 0.255 e. The van der Waals surface area contributed by atoms with E-state index in [4.69, 9.17) is 16.3 Å². The van der Waals surface area contributed by atoms with Gasteiger partial charge in [-0.2, -0.15) is 0 Å². The van der Waals surface area contributed by atoms with Crippen LogP contribution in [-0.4, -0.2) is 46.1 Å². The molecule has 26 heavy (non-hydrogen) atoms. The number of amides is 2. The van der Waals surface area contributed by atoms with Crippen molar-refractivity contribution < 1.29 is 14.3 Å². The molecule has 0 heterocycles. The fraction of sp³-hybridized carbons (Fsp3) is 0.263. The van der Waals surface area contributed by atoms with Crippen molar-refractivity contribution in [1.82, 2.24) is 10.6 Å². The molecule has 2 rings (SSSR count). The lowest BCUT2D eigenvalue weighted by Crippen LogP contribution is -2.34. The minimum absolute atomic E-state index is 0.190. The average molecular weight is 376 g/mol. The molecule has 0 bridgehead atoms. The number of carbonyl (C=O) groups is 2. The summed E-state index contributed by atoms with van der Waals surface area (Å²) in [5.41, 5.74) is 1.94. The Morgan fingerprint density at radius 2 is 1.62 bits per heavy atom. The Morgan fingerprint density at radius 3 is 2.19 bits per heavy atom. The third-order valence-electron chi connectivity index (χ3n) is 3.75. The molecule has 0 aliphatic rings. The molecule has 6 nitrogen and oxygen atoms in total. The molecular formula is C19H22ClN3O3. The van der Waals surface area contributed by atoms with E-state index in [1.807, 2.05) is 31.1 Å². The molecule has 0 aromatic heterocycles. The van der Waals surface area contributed by atoms with Gasteiger partial charge in [-0.1, -0.05) is 11.6 Å². The number of methoxy groups -OCH3 is 1. The maximum atomic E-state index is 12.2. The topological polar surface area (TPSA) is 70.7 Å². The number of carbonyl (C=O) groups excluding carboxylic acids is 2. The average Bonchev–Trinajstić information content (AvgIpc) is 2.64. The monoisotopic (exact) mass is 375 g/mol. The van der Waals surface area contributed by atoms with Gasteiger partial charge in [0.2, 0.25) is 0 Å². The zero-order valence-electron chi connectivity index (χ0n) is 15.0. The van der Waals surface area contributed by atoms with Crippen molar-refractivity contribution >= 4 is 29.1 Å². The molecule has 0 aliphatic heterocycles. The first kappa shape index (κ1) is 19.6. The summed E-state index contributed by atoms with van der Waals surface area (Å²) in [5.74, 6) is -0.0595. The summed E-state index contributed by atoms with van der Waals surface area (Å²) in [6.07, 6.45) is 0. The normalized spacial score (nSPS) is 10.2. The molecule has 0 aliphatic carbocycles. The maximum absolute atomic E-state index is 12.2. The number of ether oxygens (including phenoxy) is 1. The third kappa shape index (κ3) is 5.13. The molecular weight excluding hydrogens is 354 g/mol. The second-order valence-electron chi connectivity index (χ2n) is 5.80. The number of benzene rings is 2. The number of anilines is 1. The molecule has 0 fully saturated rings. The fourth-order valence-electron chi connectivity index (χ4n) is 2.32. The molecule has 0 saturated carbocycles. The van der Waals surface area contributed by atoms with E-state index >= 15 is 0 Å². The Morgan fingerprint density at radius 1 is 1.00 bits per heavy atom. The van der Waals surface area contributed by atoms with Crippen molar-refractivity contribution in [2.45, 2.75) is 0 Å². The molecule has 2 aromatic rings. The zero-order valence-corrected chi connectivity index (χ0v) is 15.8. The first-order chi connectivity index (χ1) is 12.4. The minimum atomic E-state index is -0.311. The number of nitrogens with zero attached hydrogens (tertiary/aromatic N) is 1. The largest absolute Gasteiger partial charge is 0.496 e. The molecule has 2 aromatic carbocycles. The summed E-state index contributed by atoms with van der Waals surface area (Å²) in [6.45, 7) is 0.596. The Kier molecular flexibility index (Phi) is 6.86. The van der Waals surface area contributed by atoms with Crippen LogP contribution in [0.5, 0.6) is 5.75 Å². The lowest BCUT2D eigenvalue weighted by Gasteiger charge is -2.13. The van der Waals surface area contributed by atoms with Crippen LogP contribution in [-0.2, 0) is 0 Å². The highest BCUT2D eigenvalue weighted by Gasteiger charge is 2.12. The number of hydrogen-bond acceptors (Lipinski definition) is 4. The van der Waals surface area contributed by atoms with Gasteiger partial charge in [0.05, 0.1) is 12.7 Å². The van der Waals surface area contributed by atoms with Crippen molar-refractivity contribution in [2.24, 2.45) is 0 Å². The van der Waals surface area contributed by atoms with Crippen LogP contribution < -0.4 is 20.3 Å². The molecule has 2 N–H and O–H groups in total. The SMILES string of the molecule is COc1ccc(Cl)cc1C(=O)NCCNC(=O)c1ccc(N(C)C)cc1. The predicted octanol–water partition coefficient (Wildman–Crippen LogP) is 2.57. The standard InChI is InChI=1S/C19H22ClN3O3/c1-23(2)15-7-4-13(5-8-15)18(24)21-10-11-22-19(25)16-12-14(20)6-9-17(16)26-3/h4-9,12H,10-11H2,1-3H3,(H,21,24)(H,22,25). The Bertz CT molecular complexity index is 776. The van der Waals surface area contributed by atoms with Crippen molar-refractivity contribution in [1.29, 1.82) is 0 Å². The molecule has 2 amide bonds. The quantitative estimate of drug-likeness (QED) is 0.730. The Labute approximate surface area is 158 Å². The highest BCUT2D eigenvalue weighted by molar-refractivity contribution is 6.31. The van der Waals surface area contributed by atoms with Gasteiger partial charge >= 0.3 is 0 Å². The molecule has 138 valence electrons. The van der Waals surface area contributed by atoms with Gasteiger partial charge in [0.25, 0.3) is 11.8 Å². The van der Waals surface area contributed by atoms with Gasteiger partial charge < -0.3 is 20.3 Å². The van der Waals surface area contributed by atoms with Crippen LogP contribution in [0.15, 0.2) is 42.5 Å². The lowest BCUT2D eigenvalue weighted by molar-refractivity contribution is 0.0926. The van der Waals surface area contributed by atoms with Crippen LogP contribution in [0.25, 0.3) is 0 Å². The van der Waals surface area contributed by atoms with Gasteiger partial charge in [0, 0.05) is 43.5 Å². The van der Waals surface area contributed by atoms with Crippen LogP contribution in [0, 0.1) is 0 Å². The molecule has 0 spiro atoms. The second kappa shape index (κ2) is 9.10. The Hall–Kier alpha value is -2.73. The number of rotatable bonds is 7. The third-order valence-corrected chi connectivity index (χ3v) is 3.98. The summed E-state index contributed by atoms with van der Waals surface area (Å²) >= 11 is 5.92. The predicted molar refractivity (Wildman–Crippen MR) is 103 cm³/mol. The van der Waals surface area contributed by atoms with Gasteiger partial charge in [0.15, 0.2) is 0 Å². The van der Waals surface area contributed by atoms with E-state index < -0.39 is 0 Å². The van der Waals surface area contributed by atoms with E-state index in [0.717, 1.165) is 5.69 Å². The summed E-state index contributed by atoms with van der Waals surface area (Å²) < 4.78 is 5.16. The molecule has 0 saturated heterocycles. The van der Waals surface area contributed by atoms with Crippen molar-refractivity contribution in [3.8, 4) is 5.75 Å². The highest BCUT2D eigenvalue weighted by Crippen LogP contribution is 2.22. The van der Waals surface area contributed by atoms with Crippen molar-refractivity contribution in [2.75, 3.05) is 39.2 Å². The fourth-order valence-corrected chi connectivity index (χ4v) is 2.49. The molecule has 0 radical (unpaired) electrons. The van der Waals surface area contributed by atoms with Crippen LogP contribution >= 0.6 is 11.6 Å². The van der Waals surface area contributed by atoms with E-state index in [2.05, 4.69) is 10.6 Å². The summed E-state index contributed by atoms with van der Waals surface area (Å²) in [4.78, 5) is 26.3. The Balaban J connectivity index is 1.83. The van der Waals surface area contributed by atoms with Gasteiger partial charge in [-0.3, -0.25) is 9.59 Å². The van der Waals surface area contributed by atoms with Crippen LogP contribution in [0.4, 0.5) is 5.69 Å². The van der Waals surface area contributed by atoms with Gasteiger partial charge in [-0.15, -0.1) is 0 Å². The van der Waals surface area contributed by atoms with E-state index in [1.54, 1.807) is 30.3 Å². The van der Waals surface area contributed by atoms with Crippen LogP contribution in [0.3, 0.4) is 0 Å².